The lowest BCUT2D eigenvalue weighted by atomic mass is 10.0. The van der Waals surface area contributed by atoms with E-state index in [4.69, 9.17) is 11.5 Å². The molecule has 0 aliphatic heterocycles. The molecule has 0 aliphatic rings. The van der Waals surface area contributed by atoms with Gasteiger partial charge in [0.25, 0.3) is 5.91 Å². The maximum absolute atomic E-state index is 14.0. The van der Waals surface area contributed by atoms with Gasteiger partial charge < -0.3 is 11.5 Å². The van der Waals surface area contributed by atoms with Crippen LogP contribution in [-0.4, -0.2) is 26.1 Å². The number of hydrogen-bond donors (Lipinski definition) is 3. The van der Waals surface area contributed by atoms with Crippen molar-refractivity contribution in [3.8, 4) is 22.6 Å². The molecule has 128 valence electrons. The average Bonchev–Trinajstić information content (AvgIpc) is 3.14. The molecule has 4 aromatic rings. The standard InChI is InChI=1S/C18H13FN6O/c19-12-7-6-10(11-8-22-25-14(11)12)15-13(20)16(17(21)26)24-18(23-15)9-4-2-1-3-5-9/h1-8H,20H2,(H2,21,26)(H,22,25). The summed E-state index contributed by atoms with van der Waals surface area (Å²) in [4.78, 5) is 20.5. The van der Waals surface area contributed by atoms with E-state index in [0.29, 0.717) is 28.0 Å². The van der Waals surface area contributed by atoms with Crippen LogP contribution in [0.2, 0.25) is 0 Å². The number of nitrogen functional groups attached to an aromatic ring is 1. The van der Waals surface area contributed by atoms with Gasteiger partial charge in [0.15, 0.2) is 11.5 Å². The van der Waals surface area contributed by atoms with Crippen molar-refractivity contribution >= 4 is 22.5 Å². The van der Waals surface area contributed by atoms with Crippen molar-refractivity contribution in [2.24, 2.45) is 5.73 Å². The molecule has 1 amide bonds. The van der Waals surface area contributed by atoms with E-state index in [-0.39, 0.29) is 16.9 Å². The summed E-state index contributed by atoms with van der Waals surface area (Å²) < 4.78 is 14.0. The quantitative estimate of drug-likeness (QED) is 0.525. The Labute approximate surface area is 146 Å². The van der Waals surface area contributed by atoms with E-state index < -0.39 is 11.7 Å². The topological polar surface area (TPSA) is 124 Å². The van der Waals surface area contributed by atoms with E-state index in [0.717, 1.165) is 0 Å². The number of H-pyrrole nitrogens is 1. The minimum Gasteiger partial charge on any atom is -0.395 e. The summed E-state index contributed by atoms with van der Waals surface area (Å²) in [5, 5.41) is 6.97. The van der Waals surface area contributed by atoms with Crippen molar-refractivity contribution < 1.29 is 9.18 Å². The second-order valence-corrected chi connectivity index (χ2v) is 5.64. The van der Waals surface area contributed by atoms with Gasteiger partial charge in [-0.1, -0.05) is 30.3 Å². The number of carbonyl (C=O) groups is 1. The molecule has 8 heteroatoms. The Hall–Kier alpha value is -3.81. The van der Waals surface area contributed by atoms with E-state index in [9.17, 15) is 9.18 Å². The van der Waals surface area contributed by atoms with Crippen molar-refractivity contribution in [2.75, 3.05) is 5.73 Å². The number of rotatable bonds is 3. The Morgan fingerprint density at radius 1 is 1.08 bits per heavy atom. The summed E-state index contributed by atoms with van der Waals surface area (Å²) in [5.74, 6) is -0.925. The van der Waals surface area contributed by atoms with E-state index in [2.05, 4.69) is 20.2 Å². The van der Waals surface area contributed by atoms with Crippen molar-refractivity contribution in [1.82, 2.24) is 20.2 Å². The van der Waals surface area contributed by atoms with Crippen LogP contribution in [0.25, 0.3) is 33.5 Å². The average molecular weight is 348 g/mol. The lowest BCUT2D eigenvalue weighted by molar-refractivity contribution is 0.0996. The van der Waals surface area contributed by atoms with Crippen molar-refractivity contribution in [3.05, 3.63) is 60.2 Å². The predicted molar refractivity (Wildman–Crippen MR) is 95.4 cm³/mol. The van der Waals surface area contributed by atoms with Gasteiger partial charge in [0.2, 0.25) is 0 Å². The zero-order chi connectivity index (χ0) is 18.3. The number of aromatic nitrogens is 4. The van der Waals surface area contributed by atoms with Crippen LogP contribution in [0.1, 0.15) is 10.5 Å². The molecule has 0 saturated carbocycles. The normalized spacial score (nSPS) is 11.0. The molecule has 0 saturated heterocycles. The maximum Gasteiger partial charge on any atom is 0.269 e. The van der Waals surface area contributed by atoms with Gasteiger partial charge in [-0.2, -0.15) is 5.10 Å². The summed E-state index contributed by atoms with van der Waals surface area (Å²) in [6.07, 6.45) is 1.47. The van der Waals surface area contributed by atoms with Gasteiger partial charge in [-0.25, -0.2) is 14.4 Å². The van der Waals surface area contributed by atoms with Crippen molar-refractivity contribution in [1.29, 1.82) is 0 Å². The SMILES string of the molecule is NC(=O)c1nc(-c2ccccc2)nc(-c2ccc(F)c3[nH]ncc23)c1N. The first kappa shape index (κ1) is 15.7. The fourth-order valence-corrected chi connectivity index (χ4v) is 2.79. The fraction of sp³-hybridized carbons (Fsp3) is 0. The van der Waals surface area contributed by atoms with Crippen molar-refractivity contribution in [2.45, 2.75) is 0 Å². The molecule has 5 N–H and O–H groups in total. The molecule has 0 unspecified atom stereocenters. The first-order valence-electron chi connectivity index (χ1n) is 7.71. The second kappa shape index (κ2) is 5.92. The Bertz CT molecular complexity index is 1140. The van der Waals surface area contributed by atoms with Crippen LogP contribution in [0.3, 0.4) is 0 Å². The molecule has 2 aromatic carbocycles. The molecular formula is C18H13FN6O. The molecule has 7 nitrogen and oxygen atoms in total. The van der Waals surface area contributed by atoms with Crippen LogP contribution in [-0.2, 0) is 0 Å². The highest BCUT2D eigenvalue weighted by Crippen LogP contribution is 2.34. The minimum absolute atomic E-state index is 0.0336. The van der Waals surface area contributed by atoms with Gasteiger partial charge in [-0.05, 0) is 12.1 Å². The van der Waals surface area contributed by atoms with Crippen LogP contribution >= 0.6 is 0 Å². The highest BCUT2D eigenvalue weighted by atomic mass is 19.1. The fourth-order valence-electron chi connectivity index (χ4n) is 2.79. The number of carbonyl (C=O) groups excluding carboxylic acids is 1. The van der Waals surface area contributed by atoms with E-state index in [1.54, 1.807) is 12.1 Å². The number of fused-ring (bicyclic) bond motifs is 1. The molecular weight excluding hydrogens is 335 g/mol. The summed E-state index contributed by atoms with van der Waals surface area (Å²) in [7, 11) is 0. The summed E-state index contributed by atoms with van der Waals surface area (Å²) in [6.45, 7) is 0. The largest absolute Gasteiger partial charge is 0.395 e. The van der Waals surface area contributed by atoms with Crippen LogP contribution in [0.15, 0.2) is 48.7 Å². The number of nitrogens with two attached hydrogens (primary N) is 2. The zero-order valence-electron chi connectivity index (χ0n) is 13.4. The van der Waals surface area contributed by atoms with E-state index in [1.165, 1.54) is 18.3 Å². The highest BCUT2D eigenvalue weighted by molar-refractivity contribution is 6.03. The monoisotopic (exact) mass is 348 g/mol. The summed E-state index contributed by atoms with van der Waals surface area (Å²) in [5.41, 5.74) is 13.2. The van der Waals surface area contributed by atoms with Crippen LogP contribution in [0.4, 0.5) is 10.1 Å². The number of aromatic amines is 1. The predicted octanol–water partition coefficient (Wildman–Crippen LogP) is 2.51. The third-order valence-electron chi connectivity index (χ3n) is 4.03. The van der Waals surface area contributed by atoms with Crippen molar-refractivity contribution in [3.63, 3.8) is 0 Å². The van der Waals surface area contributed by atoms with Crippen LogP contribution < -0.4 is 11.5 Å². The third kappa shape index (κ3) is 2.44. The number of nitrogens with zero attached hydrogens (tertiary/aromatic N) is 3. The Balaban J connectivity index is 2.04. The number of amides is 1. The number of hydrogen-bond acceptors (Lipinski definition) is 5. The number of primary amides is 1. The summed E-state index contributed by atoms with van der Waals surface area (Å²) in [6, 6.07) is 11.9. The van der Waals surface area contributed by atoms with Gasteiger partial charge in [0, 0.05) is 16.5 Å². The number of halogens is 1. The van der Waals surface area contributed by atoms with Gasteiger partial charge in [-0.3, -0.25) is 9.89 Å². The number of nitrogens with one attached hydrogen (secondary N) is 1. The smallest absolute Gasteiger partial charge is 0.269 e. The zero-order valence-corrected chi connectivity index (χ0v) is 13.4. The lowest BCUT2D eigenvalue weighted by Gasteiger charge is -2.12. The summed E-state index contributed by atoms with van der Waals surface area (Å²) >= 11 is 0. The van der Waals surface area contributed by atoms with Gasteiger partial charge in [-0.15, -0.1) is 0 Å². The first-order chi connectivity index (χ1) is 12.6. The highest BCUT2D eigenvalue weighted by Gasteiger charge is 2.20. The van der Waals surface area contributed by atoms with Gasteiger partial charge in [0.1, 0.15) is 11.3 Å². The number of anilines is 1. The molecule has 0 spiro atoms. The molecule has 0 radical (unpaired) electrons. The maximum atomic E-state index is 14.0. The molecule has 2 heterocycles. The molecule has 26 heavy (non-hydrogen) atoms. The van der Waals surface area contributed by atoms with Crippen LogP contribution in [0, 0.1) is 5.82 Å². The molecule has 0 fully saturated rings. The van der Waals surface area contributed by atoms with Gasteiger partial charge in [0.05, 0.1) is 17.6 Å². The first-order valence-corrected chi connectivity index (χ1v) is 7.71. The van der Waals surface area contributed by atoms with E-state index >= 15 is 0 Å². The molecule has 2 aromatic heterocycles. The van der Waals surface area contributed by atoms with Gasteiger partial charge >= 0.3 is 0 Å². The Morgan fingerprint density at radius 3 is 2.58 bits per heavy atom. The molecule has 0 aliphatic carbocycles. The molecule has 0 bridgehead atoms. The Morgan fingerprint density at radius 2 is 1.85 bits per heavy atom. The number of benzene rings is 2. The lowest BCUT2D eigenvalue weighted by Crippen LogP contribution is -2.17. The molecule has 0 atom stereocenters. The molecule has 4 rings (SSSR count). The van der Waals surface area contributed by atoms with E-state index in [1.807, 2.05) is 18.2 Å². The third-order valence-corrected chi connectivity index (χ3v) is 4.03. The second-order valence-electron chi connectivity index (χ2n) is 5.64. The Kier molecular flexibility index (Phi) is 3.58. The van der Waals surface area contributed by atoms with Crippen LogP contribution in [0.5, 0.6) is 0 Å². The minimum atomic E-state index is -0.770.